The van der Waals surface area contributed by atoms with Gasteiger partial charge in [0.1, 0.15) is 16.1 Å². The van der Waals surface area contributed by atoms with Crippen LogP contribution in [0.15, 0.2) is 211 Å². The molecule has 110 heavy (non-hydrogen) atoms. The van der Waals surface area contributed by atoms with Crippen LogP contribution in [0.3, 0.4) is 0 Å². The monoisotopic (exact) mass is 1610 g/mol. The van der Waals surface area contributed by atoms with Crippen molar-refractivity contribution in [1.29, 1.82) is 0 Å². The van der Waals surface area contributed by atoms with Gasteiger partial charge in [0, 0.05) is 91.9 Å². The minimum atomic E-state index is -4.39. The van der Waals surface area contributed by atoms with E-state index in [1.807, 2.05) is 48.5 Å². The number of esters is 1. The van der Waals surface area contributed by atoms with E-state index in [0.29, 0.717) is 69.3 Å². The first kappa shape index (κ1) is 89.2. The standard InChI is InChI=1S/C27H27F3N2O3.C25H23F3N2O3.C13H8F3NO.C7H6BF3O2.C6H4BrNO.Na.H2O/c1-2-34-26(33)18-35-24-9-6-20-11-13-32(14-12-22(20)15-24)17-19-3-10-25(31-16-19)21-4-7-23(8-5-21)27(28,29)30;26-25(27,28)21-5-2-19(3-6-21)23-8-1-17(14-29-23)15-30-11-9-18-4-7-22(33-16-24(31)32)13-20(18)10-12-30;14-13(15,16)11-4-2-10(3-5-11)12-6-1-9(8-18)7-17-12;9-7(10,11)5-1-3-6(4-2-5)8(12)13;7-6-2-1-5(4-9)3-8-6;;/h3-10,15-16H,2,11-14,17-18H2,1H3;1-8,13-14H,9-12,15-16H2,(H,31,32);1-8H;1-4,12-13H;1-4H;;1H2/q;;;;;+1;/p-1. The van der Waals surface area contributed by atoms with Gasteiger partial charge in [0.2, 0.25) is 0 Å². The molecule has 4 aromatic heterocycles. The number of aromatic nitrogens is 4. The van der Waals surface area contributed by atoms with Crippen molar-refractivity contribution in [2.45, 2.75) is 70.4 Å². The first-order valence-electron chi connectivity index (χ1n) is 33.1. The molecule has 2 aliphatic rings. The summed E-state index contributed by atoms with van der Waals surface area (Å²) in [5.74, 6) is -0.165. The molecular weight excluding hydrogens is 1540 g/mol. The number of hydrogen-bond acceptors (Lipinski definition) is 16. The number of fused-ring (bicyclic) bond motifs is 2. The molecule has 0 aliphatic carbocycles. The number of pyridine rings is 4. The maximum atomic E-state index is 12.8. The largest absolute Gasteiger partial charge is 1.00 e. The summed E-state index contributed by atoms with van der Waals surface area (Å²) in [6, 6.07) is 44.2. The molecule has 0 unspecified atom stereocenters. The molecule has 0 bridgehead atoms. The van der Waals surface area contributed by atoms with Gasteiger partial charge in [0.25, 0.3) is 0 Å². The normalized spacial score (nSPS) is 12.8. The summed E-state index contributed by atoms with van der Waals surface area (Å²) in [6.07, 6.45) is -6.09. The quantitative estimate of drug-likeness (QED) is 0.0252. The first-order chi connectivity index (χ1) is 51.3. The third kappa shape index (κ3) is 28.3. The Bertz CT molecular complexity index is 4560. The zero-order valence-corrected chi connectivity index (χ0v) is 62.4. The van der Waals surface area contributed by atoms with Gasteiger partial charge in [0.05, 0.1) is 45.9 Å². The van der Waals surface area contributed by atoms with Crippen molar-refractivity contribution < 1.29 is 136 Å². The average Bonchev–Trinajstić information content (AvgIpc) is 1.51. The zero-order chi connectivity index (χ0) is 78.2. The number of ether oxygens (including phenoxy) is 3. The minimum Gasteiger partial charge on any atom is -0.870 e. The van der Waals surface area contributed by atoms with E-state index in [2.05, 4.69) is 51.7 Å². The van der Waals surface area contributed by atoms with Gasteiger partial charge in [-0.2, -0.15) is 52.7 Å². The fourth-order valence-corrected chi connectivity index (χ4v) is 11.0. The molecule has 0 saturated carbocycles. The van der Waals surface area contributed by atoms with Crippen LogP contribution >= 0.6 is 15.9 Å². The number of aliphatic carboxylic acids is 1. The molecule has 0 amide bonds. The van der Waals surface area contributed by atoms with Crippen LogP contribution in [-0.4, -0.2) is 128 Å². The van der Waals surface area contributed by atoms with Crippen molar-refractivity contribution >= 4 is 53.0 Å². The fraction of sp³-hybridized carbons (Fsp3) is 0.231. The number of alkyl halides is 12. The minimum absolute atomic E-state index is 0. The van der Waals surface area contributed by atoms with Crippen LogP contribution in [0.4, 0.5) is 52.7 Å². The van der Waals surface area contributed by atoms with E-state index in [0.717, 1.165) is 153 Å². The smallest absolute Gasteiger partial charge is 0.870 e. The van der Waals surface area contributed by atoms with Gasteiger partial charge in [-0.25, -0.2) is 14.6 Å². The first-order valence-corrected chi connectivity index (χ1v) is 33.9. The number of hydrogen-bond donors (Lipinski definition) is 3. The Hall–Kier alpha value is -9.70. The van der Waals surface area contributed by atoms with Crippen LogP contribution in [0.25, 0.3) is 33.8 Å². The topological polar surface area (TPSA) is 245 Å². The number of carbonyl (C=O) groups excluding carboxylic acids is 3. The van der Waals surface area contributed by atoms with Crippen molar-refractivity contribution in [3.05, 3.63) is 278 Å². The Morgan fingerprint density at radius 1 is 0.464 bits per heavy atom. The van der Waals surface area contributed by atoms with E-state index in [9.17, 15) is 71.9 Å². The van der Waals surface area contributed by atoms with E-state index in [1.54, 1.807) is 49.6 Å². The van der Waals surface area contributed by atoms with Gasteiger partial charge in [0.15, 0.2) is 25.8 Å². The summed E-state index contributed by atoms with van der Waals surface area (Å²) in [7, 11) is -1.73. The summed E-state index contributed by atoms with van der Waals surface area (Å²) < 4.78 is 166. The molecule has 6 heterocycles. The van der Waals surface area contributed by atoms with Gasteiger partial charge >= 0.3 is 73.3 Å². The summed E-state index contributed by atoms with van der Waals surface area (Å²) in [6.45, 7) is 6.57. The van der Waals surface area contributed by atoms with Crippen LogP contribution < -0.4 is 44.5 Å². The Morgan fingerprint density at radius 3 is 1.12 bits per heavy atom. The number of carbonyl (C=O) groups is 4. The number of carboxylic acid groups (broad SMARTS) is 1. The van der Waals surface area contributed by atoms with E-state index >= 15 is 0 Å². The van der Waals surface area contributed by atoms with E-state index in [-0.39, 0.29) is 59.7 Å². The predicted octanol–water partition coefficient (Wildman–Crippen LogP) is 12.6. The summed E-state index contributed by atoms with van der Waals surface area (Å²) in [4.78, 5) is 64.2. The Balaban J connectivity index is 0.000000231. The maximum absolute atomic E-state index is 12.8. The molecule has 0 spiro atoms. The summed E-state index contributed by atoms with van der Waals surface area (Å²) in [5.41, 5.74) is 8.81. The Labute approximate surface area is 654 Å². The van der Waals surface area contributed by atoms with Gasteiger partial charge in [-0.3, -0.25) is 34.3 Å². The molecule has 6 aromatic carbocycles. The van der Waals surface area contributed by atoms with E-state index in [4.69, 9.17) is 29.4 Å². The van der Waals surface area contributed by atoms with Gasteiger partial charge < -0.3 is 34.8 Å². The fourth-order valence-electron chi connectivity index (χ4n) is 10.8. The molecule has 0 saturated heterocycles. The number of nitrogens with zero attached hydrogens (tertiary/aromatic N) is 6. The number of aldehydes is 2. The van der Waals surface area contributed by atoms with Crippen LogP contribution in [0, 0.1) is 0 Å². The van der Waals surface area contributed by atoms with Crippen LogP contribution in [0.2, 0.25) is 0 Å². The van der Waals surface area contributed by atoms with Gasteiger partial charge in [-0.1, -0.05) is 84.9 Å². The molecular formula is C78H69BBrF12N6NaO11. The predicted molar refractivity (Wildman–Crippen MR) is 383 cm³/mol. The Morgan fingerprint density at radius 2 is 0.809 bits per heavy atom. The third-order valence-electron chi connectivity index (χ3n) is 16.5. The number of halogens is 13. The van der Waals surface area contributed by atoms with E-state index in [1.165, 1.54) is 65.5 Å². The van der Waals surface area contributed by atoms with Crippen molar-refractivity contribution in [2.75, 3.05) is 46.0 Å². The molecule has 0 atom stereocenters. The average molecular weight is 1610 g/mol. The van der Waals surface area contributed by atoms with Gasteiger partial charge in [-0.05, 0) is 184 Å². The molecule has 572 valence electrons. The van der Waals surface area contributed by atoms with Crippen LogP contribution in [-0.2, 0) is 77.8 Å². The molecule has 17 nitrogen and oxygen atoms in total. The second kappa shape index (κ2) is 41.9. The summed E-state index contributed by atoms with van der Waals surface area (Å²) in [5, 5.41) is 26.0. The van der Waals surface area contributed by atoms with E-state index < -0.39 is 60.0 Å². The van der Waals surface area contributed by atoms with Crippen molar-refractivity contribution in [1.82, 2.24) is 29.7 Å². The van der Waals surface area contributed by atoms with Crippen LogP contribution in [0.5, 0.6) is 11.5 Å². The van der Waals surface area contributed by atoms with Crippen molar-refractivity contribution in [2.24, 2.45) is 0 Å². The molecule has 4 N–H and O–H groups in total. The maximum Gasteiger partial charge on any atom is 1.00 e. The van der Waals surface area contributed by atoms with Crippen LogP contribution in [0.1, 0.15) is 83.3 Å². The second-order valence-electron chi connectivity index (χ2n) is 24.1. The molecule has 10 aromatic rings. The number of benzene rings is 6. The molecule has 32 heteroatoms. The molecule has 0 fully saturated rings. The zero-order valence-electron chi connectivity index (χ0n) is 58.8. The molecule has 0 radical (unpaired) electrons. The van der Waals surface area contributed by atoms with Gasteiger partial charge in [-0.15, -0.1) is 0 Å². The number of rotatable bonds is 17. The SMILES string of the molecule is CCOC(=O)COc1ccc2c(c1)CCN(Cc1ccc(-c3ccc(C(F)(F)F)cc3)nc1)CC2.O=C(O)COc1ccc2c(c1)CCN(Cc1ccc(-c3ccc(C(F)(F)F)cc3)nc1)CC2.O=Cc1ccc(-c2ccc(C(F)(F)F)cc2)nc1.O=Cc1ccc(Br)nc1.OB(O)c1ccc(C(F)(F)F)cc1.[Na+].[OH-]. The molecule has 2 aliphatic heterocycles. The third-order valence-corrected chi connectivity index (χ3v) is 17.0. The Kier molecular flexibility index (Phi) is 34.0. The second-order valence-corrected chi connectivity index (χ2v) is 25.0. The molecule has 12 rings (SSSR count). The van der Waals surface area contributed by atoms with Crippen molar-refractivity contribution in [3.8, 4) is 45.3 Å². The summed E-state index contributed by atoms with van der Waals surface area (Å²) >= 11 is 3.15. The number of carboxylic acids is 1. The van der Waals surface area contributed by atoms with Crippen molar-refractivity contribution in [3.63, 3.8) is 0 Å².